The van der Waals surface area contributed by atoms with Gasteiger partial charge in [-0.1, -0.05) is 98.8 Å². The third-order valence-corrected chi connectivity index (χ3v) is 16.8. The maximum Gasteiger partial charge on any atom is 0.241 e. The first kappa shape index (κ1) is 45.4. The molecule has 2 aliphatic heterocycles. The molecular weight excluding hydrogens is 909 g/mol. The largest absolute Gasteiger partial charge is 0.490 e. The van der Waals surface area contributed by atoms with Crippen LogP contribution in [-0.4, -0.2) is 43.3 Å². The van der Waals surface area contributed by atoms with Gasteiger partial charge in [0.15, 0.2) is 23.0 Å². The SMILES string of the molecule is CCc1ccccc1C(NS(=O)(=O)c1ccc2c(c1)OCCCO2)c1cc2ccccc2s1.CCc1ccccc1C(NS(=O)(=O)c1ccc2c(c1)OCCCO2)c1cc2ccccc2s1. The van der Waals surface area contributed by atoms with Crippen molar-refractivity contribution in [1.82, 2.24) is 9.44 Å². The number of ether oxygens (including phenoxy) is 4. The van der Waals surface area contributed by atoms with E-state index in [9.17, 15) is 16.8 Å². The van der Waals surface area contributed by atoms with Crippen LogP contribution < -0.4 is 28.4 Å². The molecule has 2 aromatic heterocycles. The van der Waals surface area contributed by atoms with Crippen LogP contribution in [0.4, 0.5) is 0 Å². The number of thiophene rings is 2. The van der Waals surface area contributed by atoms with Crippen LogP contribution >= 0.6 is 22.7 Å². The molecule has 0 saturated heterocycles. The van der Waals surface area contributed by atoms with Gasteiger partial charge in [0, 0.05) is 44.1 Å². The highest BCUT2D eigenvalue weighted by atomic mass is 32.2. The van der Waals surface area contributed by atoms with Crippen LogP contribution in [0.1, 0.15) is 70.8 Å². The van der Waals surface area contributed by atoms with E-state index in [1.54, 1.807) is 59.1 Å². The molecule has 2 N–H and O–H groups in total. The van der Waals surface area contributed by atoms with E-state index in [0.29, 0.717) is 49.4 Å². The lowest BCUT2D eigenvalue weighted by Gasteiger charge is -2.21. The number of fused-ring (bicyclic) bond motifs is 4. The Bertz CT molecular complexity index is 2940. The number of hydrogen-bond acceptors (Lipinski definition) is 10. The zero-order valence-corrected chi connectivity index (χ0v) is 39.8. The lowest BCUT2D eigenvalue weighted by Crippen LogP contribution is -2.29. The molecule has 6 aromatic carbocycles. The Morgan fingerprint density at radius 3 is 1.26 bits per heavy atom. The standard InChI is InChI=1S/2C26H25NO4S2/c2*1-2-18-8-3-5-10-21(18)26(25-16-19-9-4-6-11-24(19)32-25)27-33(28,29)20-12-13-22-23(17-20)31-15-7-14-30-22/h2*3-6,8-13,16-17,26-27H,2,7,14-15H2,1H3. The van der Waals surface area contributed by atoms with Crippen molar-refractivity contribution >= 4 is 62.9 Å². The molecule has 14 heteroatoms. The second-order valence-corrected chi connectivity index (χ2v) is 21.6. The Labute approximate surface area is 394 Å². The summed E-state index contributed by atoms with van der Waals surface area (Å²) in [6.07, 6.45) is 3.14. The van der Waals surface area contributed by atoms with E-state index < -0.39 is 32.1 Å². The molecule has 4 heterocycles. The van der Waals surface area contributed by atoms with Crippen molar-refractivity contribution in [3.8, 4) is 23.0 Å². The summed E-state index contributed by atoms with van der Waals surface area (Å²) in [7, 11) is -7.68. The van der Waals surface area contributed by atoms with Gasteiger partial charge in [-0.25, -0.2) is 16.8 Å². The first-order valence-corrected chi connectivity index (χ1v) is 26.7. The van der Waals surface area contributed by atoms with E-state index in [4.69, 9.17) is 18.9 Å². The third-order valence-electron chi connectivity index (χ3n) is 11.6. The highest BCUT2D eigenvalue weighted by molar-refractivity contribution is 7.89. The number of hydrogen-bond donors (Lipinski definition) is 2. The number of aryl methyl sites for hydroxylation is 2. The Morgan fingerprint density at radius 2 is 0.848 bits per heavy atom. The summed E-state index contributed by atoms with van der Waals surface area (Å²) in [6, 6.07) is 45.0. The van der Waals surface area contributed by atoms with Crippen molar-refractivity contribution in [2.75, 3.05) is 26.4 Å². The lowest BCUT2D eigenvalue weighted by atomic mass is 9.98. The van der Waals surface area contributed by atoms with E-state index >= 15 is 0 Å². The lowest BCUT2D eigenvalue weighted by molar-refractivity contribution is 0.296. The number of nitrogens with one attached hydrogen (secondary N) is 2. The van der Waals surface area contributed by atoms with Crippen molar-refractivity contribution in [2.45, 2.75) is 61.4 Å². The first-order valence-electron chi connectivity index (χ1n) is 22.1. The van der Waals surface area contributed by atoms with Crippen LogP contribution in [0.3, 0.4) is 0 Å². The van der Waals surface area contributed by atoms with Gasteiger partial charge < -0.3 is 18.9 Å². The summed E-state index contributed by atoms with van der Waals surface area (Å²) >= 11 is 3.22. The van der Waals surface area contributed by atoms with Gasteiger partial charge in [0.05, 0.1) is 48.3 Å². The fraction of sp³-hybridized carbons (Fsp3) is 0.231. The Hall–Kier alpha value is -5.74. The molecule has 0 amide bonds. The fourth-order valence-electron chi connectivity index (χ4n) is 8.18. The Kier molecular flexibility index (Phi) is 13.8. The molecule has 340 valence electrons. The number of rotatable bonds is 12. The van der Waals surface area contributed by atoms with Crippen LogP contribution in [0.15, 0.2) is 155 Å². The predicted octanol–water partition coefficient (Wildman–Crippen LogP) is 11.4. The zero-order valence-electron chi connectivity index (χ0n) is 36.6. The molecule has 0 saturated carbocycles. The fourth-order valence-corrected chi connectivity index (χ4v) is 13.0. The smallest absolute Gasteiger partial charge is 0.241 e. The number of sulfonamides is 2. The summed E-state index contributed by atoms with van der Waals surface area (Å²) in [4.78, 5) is 2.23. The van der Waals surface area contributed by atoms with Crippen molar-refractivity contribution in [3.63, 3.8) is 0 Å². The average Bonchev–Trinajstić information content (AvgIpc) is 3.80. The molecular formula is C52H50N2O8S4. The molecule has 2 aliphatic rings. The van der Waals surface area contributed by atoms with Crippen LogP contribution in [0.25, 0.3) is 20.2 Å². The van der Waals surface area contributed by atoms with E-state index in [0.717, 1.165) is 77.9 Å². The van der Waals surface area contributed by atoms with Gasteiger partial charge in [0.1, 0.15) is 0 Å². The van der Waals surface area contributed by atoms with E-state index in [-0.39, 0.29) is 9.79 Å². The molecule has 0 aliphatic carbocycles. The molecule has 2 unspecified atom stereocenters. The molecule has 8 aromatic rings. The minimum absolute atomic E-state index is 0.159. The van der Waals surface area contributed by atoms with E-state index in [1.807, 2.05) is 60.7 Å². The molecule has 0 radical (unpaired) electrons. The predicted molar refractivity (Wildman–Crippen MR) is 264 cm³/mol. The molecule has 0 spiro atoms. The van der Waals surface area contributed by atoms with Gasteiger partial charge in [-0.3, -0.25) is 0 Å². The van der Waals surface area contributed by atoms with Gasteiger partial charge in [0.2, 0.25) is 20.0 Å². The maximum atomic E-state index is 13.6. The molecule has 10 nitrogen and oxygen atoms in total. The topological polar surface area (TPSA) is 129 Å². The maximum absolute atomic E-state index is 13.6. The highest BCUT2D eigenvalue weighted by Gasteiger charge is 2.29. The molecule has 2 atom stereocenters. The minimum atomic E-state index is -3.84. The summed E-state index contributed by atoms with van der Waals surface area (Å²) in [5.41, 5.74) is 4.15. The van der Waals surface area contributed by atoms with Crippen LogP contribution in [0, 0.1) is 0 Å². The third kappa shape index (κ3) is 9.99. The van der Waals surface area contributed by atoms with Crippen molar-refractivity contribution < 1.29 is 35.8 Å². The molecule has 66 heavy (non-hydrogen) atoms. The van der Waals surface area contributed by atoms with Crippen LogP contribution in [0.2, 0.25) is 0 Å². The summed E-state index contributed by atoms with van der Waals surface area (Å²) < 4.78 is 85.3. The summed E-state index contributed by atoms with van der Waals surface area (Å²) in [5.74, 6) is 2.07. The Balaban J connectivity index is 0.000000166. The zero-order chi connectivity index (χ0) is 45.7. The van der Waals surface area contributed by atoms with E-state index in [2.05, 4.69) is 71.8 Å². The van der Waals surface area contributed by atoms with Crippen LogP contribution in [0.5, 0.6) is 23.0 Å². The van der Waals surface area contributed by atoms with E-state index in [1.165, 1.54) is 0 Å². The van der Waals surface area contributed by atoms with Crippen LogP contribution in [-0.2, 0) is 32.9 Å². The second kappa shape index (κ2) is 20.0. The highest BCUT2D eigenvalue weighted by Crippen LogP contribution is 2.39. The monoisotopic (exact) mass is 958 g/mol. The second-order valence-electron chi connectivity index (χ2n) is 15.9. The van der Waals surface area contributed by atoms with Crippen molar-refractivity contribution in [3.05, 3.63) is 178 Å². The molecule has 0 bridgehead atoms. The molecule has 0 fully saturated rings. The number of benzene rings is 6. The van der Waals surface area contributed by atoms with Gasteiger partial charge in [-0.05, 0) is 94.4 Å². The normalized spacial score (nSPS) is 14.7. The summed E-state index contributed by atoms with van der Waals surface area (Å²) in [6.45, 7) is 6.27. The quantitative estimate of drug-likeness (QED) is 0.124. The van der Waals surface area contributed by atoms with Gasteiger partial charge in [0.25, 0.3) is 0 Å². The summed E-state index contributed by atoms with van der Waals surface area (Å²) in [5, 5.41) is 2.21. The average molecular weight is 959 g/mol. The first-order chi connectivity index (χ1) is 32.1. The minimum Gasteiger partial charge on any atom is -0.490 e. The van der Waals surface area contributed by atoms with Crippen molar-refractivity contribution in [1.29, 1.82) is 0 Å². The van der Waals surface area contributed by atoms with Gasteiger partial charge >= 0.3 is 0 Å². The molecule has 10 rings (SSSR count). The van der Waals surface area contributed by atoms with Gasteiger partial charge in [-0.15, -0.1) is 22.7 Å². The Morgan fingerprint density at radius 1 is 0.470 bits per heavy atom. The van der Waals surface area contributed by atoms with Crippen molar-refractivity contribution in [2.24, 2.45) is 0 Å². The van der Waals surface area contributed by atoms with Gasteiger partial charge in [-0.2, -0.15) is 9.44 Å².